The van der Waals surface area contributed by atoms with Crippen molar-refractivity contribution >= 4 is 19.7 Å². The summed E-state index contributed by atoms with van der Waals surface area (Å²) in [4.78, 5) is 37.9. The molecule has 3 unspecified atom stereocenters. The van der Waals surface area contributed by atoms with Gasteiger partial charge in [-0.1, -0.05) is 334 Å². The molecule has 0 fully saturated rings. The molecule has 0 aromatic carbocycles. The minimum atomic E-state index is -4.45. The van der Waals surface area contributed by atoms with Crippen LogP contribution in [0.25, 0.3) is 0 Å². The van der Waals surface area contributed by atoms with Crippen molar-refractivity contribution in [2.24, 2.45) is 0 Å². The van der Waals surface area contributed by atoms with Crippen LogP contribution < -0.4 is 5.32 Å². The van der Waals surface area contributed by atoms with Crippen LogP contribution in [0, 0.1) is 0 Å². The van der Waals surface area contributed by atoms with Crippen molar-refractivity contribution in [3.8, 4) is 0 Å². The number of unbranched alkanes of at least 4 members (excludes halogenated alkanes) is 50. The maximum atomic E-state index is 13.6. The number of quaternary nitrogens is 1. The third kappa shape index (κ3) is 64.8. The van der Waals surface area contributed by atoms with Crippen molar-refractivity contribution < 1.29 is 37.3 Å². The standard InChI is InChI=1S/C73H143N2O7P/c1-7-10-13-16-19-22-25-28-30-32-33-34-35-36-37-38-39-40-41-43-44-47-50-53-56-59-62-65-72(76)74-70(69-81-83(78,79)80-68-67-75(4,5)6)71(64-61-58-55-52-49-46-27-24-21-18-15-12-9-3)82-73(77)66-63-60-57-54-51-48-45-42-31-29-26-23-20-17-14-11-8-2/h28,30,61,64,70-71H,7-27,29,31-60,62-63,65-69H2,1-6H3,(H-,74,76,78,79)/p+1/b30-28+,64-61-. The van der Waals surface area contributed by atoms with Crippen LogP contribution in [0.2, 0.25) is 0 Å². The average Bonchev–Trinajstić information content (AvgIpc) is 3.47. The van der Waals surface area contributed by atoms with Gasteiger partial charge >= 0.3 is 13.8 Å². The molecule has 492 valence electrons. The molecule has 0 aliphatic heterocycles. The quantitative estimate of drug-likeness (QED) is 0.0205. The number of amides is 1. The molecule has 83 heavy (non-hydrogen) atoms. The van der Waals surface area contributed by atoms with Crippen molar-refractivity contribution in [3.05, 3.63) is 24.3 Å². The van der Waals surface area contributed by atoms with Gasteiger partial charge < -0.3 is 19.4 Å². The van der Waals surface area contributed by atoms with Crippen LogP contribution in [0.1, 0.15) is 380 Å². The number of rotatable bonds is 68. The second-order valence-electron chi connectivity index (χ2n) is 26.5. The molecule has 2 N–H and O–H groups in total. The molecule has 0 heterocycles. The van der Waals surface area contributed by atoms with E-state index >= 15 is 0 Å². The van der Waals surface area contributed by atoms with Gasteiger partial charge in [-0.05, 0) is 57.4 Å². The molecule has 0 spiro atoms. The summed E-state index contributed by atoms with van der Waals surface area (Å²) in [6.45, 7) is 7.08. The predicted octanol–water partition coefficient (Wildman–Crippen LogP) is 23.2. The first-order valence-electron chi connectivity index (χ1n) is 36.7. The van der Waals surface area contributed by atoms with E-state index in [1.54, 1.807) is 0 Å². The number of esters is 1. The normalized spacial score (nSPS) is 13.6. The van der Waals surface area contributed by atoms with Gasteiger partial charge in [0.2, 0.25) is 5.91 Å². The molecule has 10 heteroatoms. The fourth-order valence-corrected chi connectivity index (χ4v) is 12.0. The molecule has 9 nitrogen and oxygen atoms in total. The Morgan fingerprint density at radius 2 is 0.699 bits per heavy atom. The fraction of sp³-hybridized carbons (Fsp3) is 0.918. The molecule has 1 amide bonds. The Morgan fingerprint density at radius 1 is 0.410 bits per heavy atom. The van der Waals surface area contributed by atoms with Crippen molar-refractivity contribution in [3.63, 3.8) is 0 Å². The van der Waals surface area contributed by atoms with E-state index in [9.17, 15) is 19.0 Å². The van der Waals surface area contributed by atoms with Crippen LogP contribution >= 0.6 is 7.82 Å². The molecule has 0 saturated carbocycles. The molecule has 0 bridgehead atoms. The molecule has 0 aromatic rings. The van der Waals surface area contributed by atoms with E-state index in [-0.39, 0.29) is 25.1 Å². The van der Waals surface area contributed by atoms with Gasteiger partial charge in [-0.2, -0.15) is 0 Å². The Kier molecular flexibility index (Phi) is 62.4. The lowest BCUT2D eigenvalue weighted by Gasteiger charge is -2.27. The van der Waals surface area contributed by atoms with Gasteiger partial charge in [0.15, 0.2) is 0 Å². The number of allylic oxidation sites excluding steroid dienone is 3. The maximum absolute atomic E-state index is 13.6. The van der Waals surface area contributed by atoms with Crippen LogP contribution in [0.3, 0.4) is 0 Å². The first kappa shape index (κ1) is 81.5. The molecule has 3 atom stereocenters. The Labute approximate surface area is 517 Å². The number of hydrogen-bond donors (Lipinski definition) is 2. The van der Waals surface area contributed by atoms with Crippen molar-refractivity contribution in [1.29, 1.82) is 0 Å². The monoisotopic (exact) mass is 1190 g/mol. The number of nitrogens with zero attached hydrogens (tertiary/aromatic N) is 1. The van der Waals surface area contributed by atoms with E-state index in [0.29, 0.717) is 23.9 Å². The zero-order chi connectivity index (χ0) is 60.7. The lowest BCUT2D eigenvalue weighted by molar-refractivity contribution is -0.870. The van der Waals surface area contributed by atoms with Crippen molar-refractivity contribution in [2.45, 2.75) is 392 Å². The highest BCUT2D eigenvalue weighted by Crippen LogP contribution is 2.43. The Bertz CT molecular complexity index is 1470. The zero-order valence-corrected chi connectivity index (χ0v) is 57.4. The number of likely N-dealkylation sites (N-methyl/N-ethyl adjacent to an activating group) is 1. The minimum Gasteiger partial charge on any atom is -0.456 e. The van der Waals surface area contributed by atoms with Crippen molar-refractivity contribution in [1.82, 2.24) is 5.32 Å². The summed E-state index contributed by atoms with van der Waals surface area (Å²) < 4.78 is 30.9. The number of ether oxygens (including phenoxy) is 1. The highest BCUT2D eigenvalue weighted by Gasteiger charge is 2.30. The Morgan fingerprint density at radius 3 is 1.02 bits per heavy atom. The molecule has 0 rings (SSSR count). The highest BCUT2D eigenvalue weighted by molar-refractivity contribution is 7.47. The topological polar surface area (TPSA) is 111 Å². The molecule has 0 radical (unpaired) electrons. The smallest absolute Gasteiger partial charge is 0.456 e. The van der Waals surface area contributed by atoms with Gasteiger partial charge in [-0.25, -0.2) is 4.57 Å². The van der Waals surface area contributed by atoms with Gasteiger partial charge in [-0.15, -0.1) is 0 Å². The number of phosphoric acid groups is 1. The number of nitrogens with one attached hydrogen (secondary N) is 1. The number of phosphoric ester groups is 1. The molecular formula is C73H144N2O7P+. The van der Waals surface area contributed by atoms with Gasteiger partial charge in [0.05, 0.1) is 33.8 Å². The number of carbonyl (C=O) groups excluding carboxylic acids is 2. The second kappa shape index (κ2) is 63.5. The van der Waals surface area contributed by atoms with Gasteiger partial charge in [0.25, 0.3) is 0 Å². The number of carbonyl (C=O) groups is 2. The summed E-state index contributed by atoms with van der Waals surface area (Å²) in [6, 6.07) is -0.843. The maximum Gasteiger partial charge on any atom is 0.472 e. The highest BCUT2D eigenvalue weighted by atomic mass is 31.2. The van der Waals surface area contributed by atoms with Gasteiger partial charge in [0.1, 0.15) is 19.3 Å². The molecule has 0 aliphatic carbocycles. The Hall–Kier alpha value is -1.51. The van der Waals surface area contributed by atoms with E-state index in [4.69, 9.17) is 13.8 Å². The van der Waals surface area contributed by atoms with Crippen LogP contribution in [0.5, 0.6) is 0 Å². The Balaban J connectivity index is 4.98. The summed E-state index contributed by atoms with van der Waals surface area (Å²) in [5.41, 5.74) is 0. The SMILES string of the molecule is CCCCCCCC/C=C/CCCCCCCCCCCCCCCCCCCC(=O)NC(COP(=O)(O)OCC[N+](C)(C)C)C(/C=C\CCCCCCCCCCCCC)OC(=O)CCCCCCCCCCCCCCCCCCC. The van der Waals surface area contributed by atoms with E-state index in [1.165, 1.54) is 289 Å². The van der Waals surface area contributed by atoms with E-state index in [1.807, 2.05) is 27.2 Å². The lowest BCUT2D eigenvalue weighted by Crippen LogP contribution is -2.47. The summed E-state index contributed by atoms with van der Waals surface area (Å²) in [6.07, 6.45) is 77.7. The van der Waals surface area contributed by atoms with Crippen LogP contribution in [0.15, 0.2) is 24.3 Å². The summed E-state index contributed by atoms with van der Waals surface area (Å²) in [7, 11) is 1.52. The predicted molar refractivity (Wildman–Crippen MR) is 360 cm³/mol. The summed E-state index contributed by atoms with van der Waals surface area (Å²) >= 11 is 0. The van der Waals surface area contributed by atoms with E-state index < -0.39 is 20.0 Å². The fourth-order valence-electron chi connectivity index (χ4n) is 11.2. The first-order valence-corrected chi connectivity index (χ1v) is 38.2. The third-order valence-electron chi connectivity index (χ3n) is 16.9. The minimum absolute atomic E-state index is 0.0450. The lowest BCUT2D eigenvalue weighted by atomic mass is 10.0. The van der Waals surface area contributed by atoms with E-state index in [2.05, 4.69) is 44.3 Å². The van der Waals surface area contributed by atoms with Gasteiger partial charge in [0, 0.05) is 12.8 Å². The summed E-state index contributed by atoms with van der Waals surface area (Å²) in [5.74, 6) is -0.479. The largest absolute Gasteiger partial charge is 0.472 e. The molecular weight excluding hydrogens is 1050 g/mol. The van der Waals surface area contributed by atoms with Crippen LogP contribution in [0.4, 0.5) is 0 Å². The van der Waals surface area contributed by atoms with Crippen LogP contribution in [-0.4, -0.2) is 74.3 Å². The zero-order valence-electron chi connectivity index (χ0n) is 56.5. The van der Waals surface area contributed by atoms with E-state index in [0.717, 1.165) is 57.8 Å². The van der Waals surface area contributed by atoms with Crippen LogP contribution in [-0.2, 0) is 27.9 Å². The third-order valence-corrected chi connectivity index (χ3v) is 17.9. The van der Waals surface area contributed by atoms with Gasteiger partial charge in [-0.3, -0.25) is 18.6 Å². The number of hydrogen-bond acceptors (Lipinski definition) is 6. The summed E-state index contributed by atoms with van der Waals surface area (Å²) in [5, 5.41) is 3.08. The molecule has 0 aliphatic rings. The average molecular weight is 1190 g/mol. The first-order chi connectivity index (χ1) is 40.4. The van der Waals surface area contributed by atoms with Crippen molar-refractivity contribution in [2.75, 3.05) is 40.9 Å². The molecule has 0 saturated heterocycles. The second-order valence-corrected chi connectivity index (χ2v) is 27.9. The molecule has 0 aromatic heterocycles.